The molecule has 7 heteroatoms. The molecule has 0 aliphatic carbocycles. The fraction of sp³-hybridized carbons (Fsp3) is 0.143. The van der Waals surface area contributed by atoms with Crippen LogP contribution in [0.2, 0.25) is 0 Å². The molecule has 21 heavy (non-hydrogen) atoms. The minimum atomic E-state index is -3.92. The second-order valence-corrected chi connectivity index (χ2v) is 6.48. The zero-order chi connectivity index (χ0) is 15.5. The molecule has 0 radical (unpaired) electrons. The number of aromatic nitrogens is 1. The molecule has 0 bridgehead atoms. The van der Waals surface area contributed by atoms with Gasteiger partial charge in [0.15, 0.2) is 5.37 Å². The van der Waals surface area contributed by atoms with Gasteiger partial charge in [0.2, 0.25) is 9.84 Å². The summed E-state index contributed by atoms with van der Waals surface area (Å²) in [5.74, 6) is 0. The van der Waals surface area contributed by atoms with E-state index in [9.17, 15) is 13.2 Å². The first kappa shape index (κ1) is 15.0. The normalized spacial score (nSPS) is 12.6. The van der Waals surface area contributed by atoms with Gasteiger partial charge in [0, 0.05) is 6.20 Å². The number of hydrogen-bond donors (Lipinski definition) is 2. The van der Waals surface area contributed by atoms with E-state index in [4.69, 9.17) is 5.11 Å². The largest absolute Gasteiger partial charge is 0.465 e. The maximum Gasteiger partial charge on any atom is 0.406 e. The summed E-state index contributed by atoms with van der Waals surface area (Å²) in [4.78, 5) is 14.9. The fourth-order valence-electron chi connectivity index (χ4n) is 1.82. The Labute approximate surface area is 122 Å². The Kier molecular flexibility index (Phi) is 4.23. The minimum absolute atomic E-state index is 0.0394. The van der Waals surface area contributed by atoms with Crippen molar-refractivity contribution < 1.29 is 18.3 Å². The second kappa shape index (κ2) is 5.92. The average molecular weight is 306 g/mol. The number of aryl methyl sites for hydroxylation is 1. The van der Waals surface area contributed by atoms with Gasteiger partial charge in [-0.25, -0.2) is 13.2 Å². The second-order valence-electron chi connectivity index (χ2n) is 4.44. The van der Waals surface area contributed by atoms with Crippen LogP contribution in [0.25, 0.3) is 0 Å². The molecule has 6 nitrogen and oxygen atoms in total. The van der Waals surface area contributed by atoms with E-state index in [1.807, 2.05) is 12.2 Å². The van der Waals surface area contributed by atoms with Crippen molar-refractivity contribution >= 4 is 15.9 Å². The Hall–Kier alpha value is -2.41. The van der Waals surface area contributed by atoms with Crippen molar-refractivity contribution in [3.8, 4) is 0 Å². The van der Waals surface area contributed by atoms with E-state index in [2.05, 4.69) is 4.98 Å². The summed E-state index contributed by atoms with van der Waals surface area (Å²) in [6.07, 6.45) is -0.0161. The average Bonchev–Trinajstić information content (AvgIpc) is 2.46. The number of pyridine rings is 1. The molecule has 1 aromatic heterocycles. The highest BCUT2D eigenvalue weighted by Gasteiger charge is 2.31. The lowest BCUT2D eigenvalue weighted by atomic mass is 10.2. The van der Waals surface area contributed by atoms with Gasteiger partial charge >= 0.3 is 6.09 Å². The smallest absolute Gasteiger partial charge is 0.406 e. The van der Waals surface area contributed by atoms with Gasteiger partial charge < -0.3 is 5.11 Å². The molecule has 2 aromatic rings. The fourth-order valence-corrected chi connectivity index (χ4v) is 3.32. The topological polar surface area (TPSA) is 96.4 Å². The predicted octanol–water partition coefficient (Wildman–Crippen LogP) is 2.13. The monoisotopic (exact) mass is 306 g/mol. The standard InChI is InChI=1S/C14H14N2O4S/c1-10-5-7-11(8-6-10)21(19,20)13(16-14(17)18)12-4-2-3-9-15-12/h2-9,13,16H,1H3,(H,17,18). The molecule has 1 unspecified atom stereocenters. The Balaban J connectivity index is 2.49. The van der Waals surface area contributed by atoms with Crippen molar-refractivity contribution in [1.82, 2.24) is 10.3 Å². The number of nitrogens with one attached hydrogen (secondary N) is 1. The van der Waals surface area contributed by atoms with Crippen LogP contribution in [-0.4, -0.2) is 24.6 Å². The number of carboxylic acid groups (broad SMARTS) is 1. The quantitative estimate of drug-likeness (QED) is 0.902. The summed E-state index contributed by atoms with van der Waals surface area (Å²) >= 11 is 0. The van der Waals surface area contributed by atoms with E-state index in [1.54, 1.807) is 24.3 Å². The Morgan fingerprint density at radius 1 is 1.19 bits per heavy atom. The first-order valence-corrected chi connectivity index (χ1v) is 7.67. The van der Waals surface area contributed by atoms with E-state index >= 15 is 0 Å². The lowest BCUT2D eigenvalue weighted by molar-refractivity contribution is 0.193. The van der Waals surface area contributed by atoms with Crippen LogP contribution in [0.15, 0.2) is 53.6 Å². The number of hydrogen-bond acceptors (Lipinski definition) is 4. The molecule has 2 rings (SSSR count). The van der Waals surface area contributed by atoms with Crippen molar-refractivity contribution in [3.63, 3.8) is 0 Å². The van der Waals surface area contributed by atoms with Crippen LogP contribution in [0.4, 0.5) is 4.79 Å². The Morgan fingerprint density at radius 3 is 2.38 bits per heavy atom. The van der Waals surface area contributed by atoms with Crippen molar-refractivity contribution in [3.05, 3.63) is 59.9 Å². The van der Waals surface area contributed by atoms with E-state index in [1.165, 1.54) is 24.4 Å². The van der Waals surface area contributed by atoms with Crippen molar-refractivity contribution in [2.24, 2.45) is 0 Å². The number of sulfone groups is 1. The third kappa shape index (κ3) is 3.38. The van der Waals surface area contributed by atoms with E-state index in [0.717, 1.165) is 5.56 Å². The van der Waals surface area contributed by atoms with Crippen LogP contribution in [0, 0.1) is 6.92 Å². The van der Waals surface area contributed by atoms with Gasteiger partial charge in [-0.3, -0.25) is 10.3 Å². The van der Waals surface area contributed by atoms with E-state index in [-0.39, 0.29) is 10.6 Å². The molecule has 1 amide bonds. The highest BCUT2D eigenvalue weighted by molar-refractivity contribution is 7.91. The van der Waals surface area contributed by atoms with Gasteiger partial charge in [0.1, 0.15) is 0 Å². The molecule has 110 valence electrons. The number of nitrogens with zero attached hydrogens (tertiary/aromatic N) is 1. The van der Waals surface area contributed by atoms with Crippen molar-refractivity contribution in [1.29, 1.82) is 0 Å². The lowest BCUT2D eigenvalue weighted by Gasteiger charge is -2.17. The third-order valence-corrected chi connectivity index (χ3v) is 4.78. The van der Waals surface area contributed by atoms with Crippen LogP contribution >= 0.6 is 0 Å². The molecule has 1 atom stereocenters. The Morgan fingerprint density at radius 2 is 1.86 bits per heavy atom. The molecule has 0 saturated heterocycles. The van der Waals surface area contributed by atoms with Crippen LogP contribution in [0.3, 0.4) is 0 Å². The number of benzene rings is 1. The molecule has 0 aliphatic rings. The van der Waals surface area contributed by atoms with Crippen LogP contribution in [-0.2, 0) is 9.84 Å². The van der Waals surface area contributed by atoms with Gasteiger partial charge in [-0.2, -0.15) is 0 Å². The third-order valence-electron chi connectivity index (χ3n) is 2.87. The molecule has 0 saturated carbocycles. The highest BCUT2D eigenvalue weighted by atomic mass is 32.2. The van der Waals surface area contributed by atoms with Gasteiger partial charge in [0.25, 0.3) is 0 Å². The first-order valence-electron chi connectivity index (χ1n) is 6.12. The van der Waals surface area contributed by atoms with E-state index in [0.29, 0.717) is 0 Å². The van der Waals surface area contributed by atoms with Gasteiger partial charge in [-0.15, -0.1) is 0 Å². The van der Waals surface area contributed by atoms with Crippen molar-refractivity contribution in [2.75, 3.05) is 0 Å². The molecule has 1 heterocycles. The Bertz CT molecular complexity index is 727. The minimum Gasteiger partial charge on any atom is -0.465 e. The van der Waals surface area contributed by atoms with Crippen LogP contribution < -0.4 is 5.32 Å². The van der Waals surface area contributed by atoms with E-state index < -0.39 is 21.3 Å². The van der Waals surface area contributed by atoms with Gasteiger partial charge in [0.05, 0.1) is 10.6 Å². The first-order chi connectivity index (χ1) is 9.91. The summed E-state index contributed by atoms with van der Waals surface area (Å²) in [6.45, 7) is 1.84. The molecular formula is C14H14N2O4S. The van der Waals surface area contributed by atoms with Gasteiger partial charge in [-0.05, 0) is 31.2 Å². The highest BCUT2D eigenvalue weighted by Crippen LogP contribution is 2.25. The summed E-state index contributed by atoms with van der Waals surface area (Å²) in [7, 11) is -3.92. The van der Waals surface area contributed by atoms with Crippen LogP contribution in [0.1, 0.15) is 16.6 Å². The predicted molar refractivity (Wildman–Crippen MR) is 76.5 cm³/mol. The van der Waals surface area contributed by atoms with Gasteiger partial charge in [-0.1, -0.05) is 23.8 Å². The number of rotatable bonds is 4. The molecular weight excluding hydrogens is 292 g/mol. The molecule has 0 fully saturated rings. The molecule has 2 N–H and O–H groups in total. The lowest BCUT2D eigenvalue weighted by Crippen LogP contribution is -2.33. The maximum absolute atomic E-state index is 12.6. The molecule has 0 spiro atoms. The summed E-state index contributed by atoms with van der Waals surface area (Å²) in [5, 5.41) is 9.47. The molecule has 0 aliphatic heterocycles. The number of amides is 1. The van der Waals surface area contributed by atoms with Crippen LogP contribution in [0.5, 0.6) is 0 Å². The number of carbonyl (C=O) groups is 1. The molecule has 1 aromatic carbocycles. The maximum atomic E-state index is 12.6. The summed E-state index contributed by atoms with van der Waals surface area (Å²) in [5.41, 5.74) is 1.04. The zero-order valence-electron chi connectivity index (χ0n) is 11.2. The zero-order valence-corrected chi connectivity index (χ0v) is 12.0. The van der Waals surface area contributed by atoms with Crippen molar-refractivity contribution in [2.45, 2.75) is 17.2 Å². The summed E-state index contributed by atoms with van der Waals surface area (Å²) < 4.78 is 25.2. The SMILES string of the molecule is Cc1ccc(S(=O)(=O)C(NC(=O)O)c2ccccn2)cc1. The summed E-state index contributed by atoms with van der Waals surface area (Å²) in [6, 6.07) is 10.9.